The Morgan fingerprint density at radius 3 is 2.64 bits per heavy atom. The second kappa shape index (κ2) is 7.27. The van der Waals surface area contributed by atoms with E-state index in [-0.39, 0.29) is 12.6 Å². The number of aryl methyl sites for hydroxylation is 1. The van der Waals surface area contributed by atoms with Gasteiger partial charge in [0, 0.05) is 24.2 Å². The quantitative estimate of drug-likeness (QED) is 0.902. The van der Waals surface area contributed by atoms with Gasteiger partial charge in [-0.25, -0.2) is 9.18 Å². The molecule has 22 heavy (non-hydrogen) atoms. The fourth-order valence-electron chi connectivity index (χ4n) is 2.11. The lowest BCUT2D eigenvalue weighted by Gasteiger charge is -2.19. The van der Waals surface area contributed by atoms with Gasteiger partial charge < -0.3 is 10.2 Å². The molecule has 0 unspecified atom stereocenters. The molecule has 2 aromatic carbocycles. The number of halogens is 2. The molecule has 0 saturated heterocycles. The van der Waals surface area contributed by atoms with Gasteiger partial charge in [-0.15, -0.1) is 0 Å². The molecule has 116 valence electrons. The van der Waals surface area contributed by atoms with E-state index in [1.54, 1.807) is 19.2 Å². The fourth-order valence-corrected chi connectivity index (χ4v) is 2.33. The van der Waals surface area contributed by atoms with E-state index in [4.69, 9.17) is 11.6 Å². The molecule has 5 heteroatoms. The van der Waals surface area contributed by atoms with Gasteiger partial charge in [0.15, 0.2) is 0 Å². The fraction of sp³-hybridized carbons (Fsp3) is 0.235. The van der Waals surface area contributed by atoms with Gasteiger partial charge in [-0.1, -0.05) is 41.9 Å². The second-order valence-corrected chi connectivity index (χ2v) is 5.55. The number of amides is 2. The second-order valence-electron chi connectivity index (χ2n) is 5.14. The summed E-state index contributed by atoms with van der Waals surface area (Å²) in [4.78, 5) is 13.5. The van der Waals surface area contributed by atoms with Crippen LogP contribution in [0.3, 0.4) is 0 Å². The van der Waals surface area contributed by atoms with Gasteiger partial charge >= 0.3 is 6.03 Å². The number of rotatable bonds is 4. The number of carbonyl (C=O) groups is 1. The highest BCUT2D eigenvalue weighted by Gasteiger charge is 2.14. The van der Waals surface area contributed by atoms with Crippen LogP contribution in [0.25, 0.3) is 0 Å². The summed E-state index contributed by atoms with van der Waals surface area (Å²) in [5.74, 6) is -0.411. The van der Waals surface area contributed by atoms with Crippen molar-refractivity contribution >= 4 is 17.6 Å². The lowest BCUT2D eigenvalue weighted by atomic mass is 10.1. The highest BCUT2D eigenvalue weighted by atomic mass is 35.5. The van der Waals surface area contributed by atoms with Crippen molar-refractivity contribution in [1.82, 2.24) is 10.2 Å². The third-order valence-electron chi connectivity index (χ3n) is 3.49. The molecule has 0 spiro atoms. The van der Waals surface area contributed by atoms with Crippen molar-refractivity contribution < 1.29 is 9.18 Å². The highest BCUT2D eigenvalue weighted by molar-refractivity contribution is 6.31. The Balaban J connectivity index is 1.97. The van der Waals surface area contributed by atoms with E-state index in [1.165, 1.54) is 11.0 Å². The zero-order valence-corrected chi connectivity index (χ0v) is 13.3. The molecule has 0 aliphatic rings. The van der Waals surface area contributed by atoms with E-state index in [1.807, 2.05) is 31.2 Å². The third-order valence-corrected chi connectivity index (χ3v) is 3.85. The van der Waals surface area contributed by atoms with Crippen molar-refractivity contribution in [2.45, 2.75) is 20.0 Å². The molecule has 0 aliphatic carbocycles. The molecule has 0 aromatic heterocycles. The minimum atomic E-state index is -0.411. The van der Waals surface area contributed by atoms with Gasteiger partial charge in [0.2, 0.25) is 0 Å². The maximum absolute atomic E-state index is 13.7. The number of benzene rings is 2. The van der Waals surface area contributed by atoms with E-state index in [0.29, 0.717) is 17.1 Å². The van der Waals surface area contributed by atoms with Gasteiger partial charge in [-0.05, 0) is 30.2 Å². The van der Waals surface area contributed by atoms with Crippen molar-refractivity contribution in [2.75, 3.05) is 7.05 Å². The third kappa shape index (κ3) is 3.98. The summed E-state index contributed by atoms with van der Waals surface area (Å²) < 4.78 is 13.7. The van der Waals surface area contributed by atoms with Crippen LogP contribution in [0.4, 0.5) is 9.18 Å². The van der Waals surface area contributed by atoms with Crippen molar-refractivity contribution in [3.8, 4) is 0 Å². The Labute approximate surface area is 134 Å². The first kappa shape index (κ1) is 16.3. The first-order valence-electron chi connectivity index (χ1n) is 6.95. The highest BCUT2D eigenvalue weighted by Crippen LogP contribution is 2.20. The number of nitrogens with one attached hydrogen (secondary N) is 1. The largest absolute Gasteiger partial charge is 0.334 e. The van der Waals surface area contributed by atoms with E-state index >= 15 is 0 Å². The van der Waals surface area contributed by atoms with Crippen molar-refractivity contribution in [1.29, 1.82) is 0 Å². The average Bonchev–Trinajstić information content (AvgIpc) is 2.49. The molecule has 2 aromatic rings. The van der Waals surface area contributed by atoms with E-state index in [9.17, 15) is 9.18 Å². The summed E-state index contributed by atoms with van der Waals surface area (Å²) in [6.45, 7) is 2.54. The van der Waals surface area contributed by atoms with Gasteiger partial charge in [-0.2, -0.15) is 0 Å². The Kier molecular flexibility index (Phi) is 5.39. The number of hydrogen-bond acceptors (Lipinski definition) is 1. The number of nitrogens with zero attached hydrogens (tertiary/aromatic N) is 1. The molecule has 0 aliphatic heterocycles. The molecule has 1 N–H and O–H groups in total. The SMILES string of the molecule is Cc1ccccc1CNC(=O)N(C)Cc1c(F)cccc1Cl. The molecule has 3 nitrogen and oxygen atoms in total. The smallest absolute Gasteiger partial charge is 0.317 e. The van der Waals surface area contributed by atoms with Crippen LogP contribution in [-0.2, 0) is 13.1 Å². The summed E-state index contributed by atoms with van der Waals surface area (Å²) in [5.41, 5.74) is 2.48. The Morgan fingerprint density at radius 2 is 1.95 bits per heavy atom. The lowest BCUT2D eigenvalue weighted by molar-refractivity contribution is 0.206. The summed E-state index contributed by atoms with van der Waals surface area (Å²) in [5, 5.41) is 3.14. The van der Waals surface area contributed by atoms with Crippen LogP contribution in [0.2, 0.25) is 5.02 Å². The maximum Gasteiger partial charge on any atom is 0.317 e. The van der Waals surface area contributed by atoms with Crippen LogP contribution in [0.5, 0.6) is 0 Å². The van der Waals surface area contributed by atoms with Gasteiger partial charge in [-0.3, -0.25) is 0 Å². The van der Waals surface area contributed by atoms with Crippen LogP contribution >= 0.6 is 11.6 Å². The molecule has 2 rings (SSSR count). The van der Waals surface area contributed by atoms with Crippen LogP contribution in [0.15, 0.2) is 42.5 Å². The van der Waals surface area contributed by atoms with Gasteiger partial charge in [0.05, 0.1) is 6.54 Å². The van der Waals surface area contributed by atoms with Crippen LogP contribution < -0.4 is 5.32 Å². The monoisotopic (exact) mass is 320 g/mol. The van der Waals surface area contributed by atoms with Gasteiger partial charge in [0.25, 0.3) is 0 Å². The van der Waals surface area contributed by atoms with Crippen molar-refractivity contribution in [2.24, 2.45) is 0 Å². The molecule has 0 heterocycles. The van der Waals surface area contributed by atoms with Crippen LogP contribution in [-0.4, -0.2) is 18.0 Å². The summed E-state index contributed by atoms with van der Waals surface area (Å²) >= 11 is 5.97. The average molecular weight is 321 g/mol. The molecule has 0 fully saturated rings. The molecule has 0 atom stereocenters. The summed E-state index contributed by atoms with van der Waals surface area (Å²) in [7, 11) is 1.61. The number of urea groups is 1. The minimum absolute atomic E-state index is 0.116. The molecule has 0 bridgehead atoms. The van der Waals surface area contributed by atoms with Crippen molar-refractivity contribution in [3.63, 3.8) is 0 Å². The van der Waals surface area contributed by atoms with E-state index in [2.05, 4.69) is 5.32 Å². The topological polar surface area (TPSA) is 32.3 Å². The van der Waals surface area contributed by atoms with Crippen LogP contribution in [0.1, 0.15) is 16.7 Å². The molecule has 0 radical (unpaired) electrons. The summed E-state index contributed by atoms with van der Waals surface area (Å²) in [6, 6.07) is 12.0. The Bertz CT molecular complexity index is 655. The molecule has 2 amide bonds. The lowest BCUT2D eigenvalue weighted by Crippen LogP contribution is -2.36. The van der Waals surface area contributed by atoms with E-state index in [0.717, 1.165) is 11.1 Å². The minimum Gasteiger partial charge on any atom is -0.334 e. The molecule has 0 saturated carbocycles. The standard InChI is InChI=1S/C17H18ClFN2O/c1-12-6-3-4-7-13(12)10-20-17(22)21(2)11-14-15(18)8-5-9-16(14)19/h3-9H,10-11H2,1-2H3,(H,20,22). The zero-order valence-electron chi connectivity index (χ0n) is 12.6. The first-order chi connectivity index (χ1) is 10.5. The summed E-state index contributed by atoms with van der Waals surface area (Å²) in [6.07, 6.45) is 0. The Morgan fingerprint density at radius 1 is 1.23 bits per heavy atom. The number of carbonyl (C=O) groups excluding carboxylic acids is 1. The normalized spacial score (nSPS) is 10.4. The first-order valence-corrected chi connectivity index (χ1v) is 7.33. The molecular formula is C17H18ClFN2O. The zero-order chi connectivity index (χ0) is 16.1. The Hall–Kier alpha value is -2.07. The van der Waals surface area contributed by atoms with E-state index < -0.39 is 5.82 Å². The number of hydrogen-bond donors (Lipinski definition) is 1. The maximum atomic E-state index is 13.7. The predicted molar refractivity (Wildman–Crippen MR) is 86.3 cm³/mol. The van der Waals surface area contributed by atoms with Crippen molar-refractivity contribution in [3.05, 3.63) is 70.0 Å². The molecular weight excluding hydrogens is 303 g/mol. The predicted octanol–water partition coefficient (Wildman–Crippen LogP) is 4.13. The van der Waals surface area contributed by atoms with Crippen LogP contribution in [0, 0.1) is 12.7 Å². The van der Waals surface area contributed by atoms with Gasteiger partial charge in [0.1, 0.15) is 5.82 Å².